The highest BCUT2D eigenvalue weighted by atomic mass is 16.3. The molecule has 1 rings (SSSR count). The molecule has 0 aromatic carbocycles. The van der Waals surface area contributed by atoms with Gasteiger partial charge in [0.2, 0.25) is 0 Å². The Bertz CT molecular complexity index is 329. The first-order valence-corrected chi connectivity index (χ1v) is 6.23. The molecular weight excluding hydrogens is 216 g/mol. The zero-order valence-corrected chi connectivity index (χ0v) is 11.3. The van der Waals surface area contributed by atoms with Gasteiger partial charge >= 0.3 is 0 Å². The van der Waals surface area contributed by atoms with Crippen molar-refractivity contribution in [3.63, 3.8) is 0 Å². The normalized spacial score (nSPS) is 13.9. The Kier molecular flexibility index (Phi) is 5.08. The average Bonchev–Trinajstić information content (AvgIpc) is 2.72. The van der Waals surface area contributed by atoms with E-state index in [-0.39, 0.29) is 12.1 Å². The van der Waals surface area contributed by atoms with E-state index in [1.54, 1.807) is 0 Å². The highest BCUT2D eigenvalue weighted by molar-refractivity contribution is 4.94. The molecule has 1 atom stereocenters. The lowest BCUT2D eigenvalue weighted by Gasteiger charge is -2.17. The lowest BCUT2D eigenvalue weighted by molar-refractivity contribution is 0.261. The summed E-state index contributed by atoms with van der Waals surface area (Å²) < 4.78 is 1.87. The van der Waals surface area contributed by atoms with Gasteiger partial charge in [-0.3, -0.25) is 0 Å². The van der Waals surface area contributed by atoms with Gasteiger partial charge in [0, 0.05) is 19.2 Å². The quantitative estimate of drug-likeness (QED) is 0.786. The number of hydrogen-bond donors (Lipinski definition) is 2. The number of nitrogens with one attached hydrogen (secondary N) is 1. The topological polar surface area (TPSA) is 63.0 Å². The molecular formula is C12H24N4O. The first kappa shape index (κ1) is 14.1. The van der Waals surface area contributed by atoms with Crippen LogP contribution in [-0.2, 0) is 12.1 Å². The van der Waals surface area contributed by atoms with Crippen LogP contribution in [0.4, 0.5) is 0 Å². The molecule has 0 bridgehead atoms. The Labute approximate surface area is 103 Å². The summed E-state index contributed by atoms with van der Waals surface area (Å²) >= 11 is 0. The molecule has 5 nitrogen and oxygen atoms in total. The third-order valence-electron chi connectivity index (χ3n) is 2.77. The summed E-state index contributed by atoms with van der Waals surface area (Å²) in [5, 5.41) is 20.5. The molecule has 1 unspecified atom stereocenters. The van der Waals surface area contributed by atoms with Crippen LogP contribution >= 0.6 is 0 Å². The molecule has 1 aromatic rings. The molecule has 0 saturated carbocycles. The third-order valence-corrected chi connectivity index (χ3v) is 2.77. The number of rotatable bonds is 6. The highest BCUT2D eigenvalue weighted by Crippen LogP contribution is 2.11. The van der Waals surface area contributed by atoms with Crippen LogP contribution in [0, 0.1) is 0 Å². The molecule has 0 radical (unpaired) electrons. The van der Waals surface area contributed by atoms with Gasteiger partial charge in [0.1, 0.15) is 0 Å². The average molecular weight is 240 g/mol. The number of nitrogens with zero attached hydrogens (tertiary/aromatic N) is 3. The molecule has 0 aliphatic rings. The number of hydrogen-bond acceptors (Lipinski definition) is 4. The van der Waals surface area contributed by atoms with Crippen LogP contribution in [0.25, 0.3) is 0 Å². The molecule has 0 fully saturated rings. The molecule has 0 spiro atoms. The van der Waals surface area contributed by atoms with Crippen molar-refractivity contribution in [2.75, 3.05) is 6.61 Å². The third kappa shape index (κ3) is 4.44. The Morgan fingerprint density at radius 1 is 1.47 bits per heavy atom. The Morgan fingerprint density at radius 3 is 2.65 bits per heavy atom. The maximum absolute atomic E-state index is 8.90. The smallest absolute Gasteiger partial charge is 0.0965 e. The van der Waals surface area contributed by atoms with Crippen molar-refractivity contribution in [3.05, 3.63) is 11.9 Å². The second-order valence-corrected chi connectivity index (χ2v) is 5.32. The summed E-state index contributed by atoms with van der Waals surface area (Å²) in [6, 6.07) is 0.347. The Hall–Kier alpha value is -0.940. The van der Waals surface area contributed by atoms with E-state index >= 15 is 0 Å². The second-order valence-electron chi connectivity index (χ2n) is 5.32. The molecule has 2 N–H and O–H groups in total. The van der Waals surface area contributed by atoms with Gasteiger partial charge in [0.05, 0.1) is 17.4 Å². The zero-order valence-electron chi connectivity index (χ0n) is 11.3. The summed E-state index contributed by atoms with van der Waals surface area (Å²) in [7, 11) is 0. The van der Waals surface area contributed by atoms with E-state index in [0.29, 0.717) is 12.6 Å². The van der Waals surface area contributed by atoms with E-state index in [0.717, 1.165) is 18.5 Å². The Morgan fingerprint density at radius 2 is 2.18 bits per heavy atom. The van der Waals surface area contributed by atoms with Crippen LogP contribution in [0.5, 0.6) is 0 Å². The number of aliphatic hydroxyl groups is 1. The summed E-state index contributed by atoms with van der Waals surface area (Å²) in [4.78, 5) is 0. The molecule has 0 amide bonds. The molecule has 1 aromatic heterocycles. The molecule has 98 valence electrons. The fourth-order valence-corrected chi connectivity index (χ4v) is 1.56. The minimum absolute atomic E-state index is 0.0273. The summed E-state index contributed by atoms with van der Waals surface area (Å²) in [5.41, 5.74) is 0.914. The summed E-state index contributed by atoms with van der Waals surface area (Å²) in [6.45, 7) is 9.33. The van der Waals surface area contributed by atoms with E-state index in [2.05, 4.69) is 43.3 Å². The van der Waals surface area contributed by atoms with Crippen molar-refractivity contribution >= 4 is 0 Å². The molecule has 17 heavy (non-hydrogen) atoms. The van der Waals surface area contributed by atoms with E-state index in [1.165, 1.54) is 0 Å². The first-order chi connectivity index (χ1) is 7.97. The van der Waals surface area contributed by atoms with Gasteiger partial charge in [-0.25, -0.2) is 4.68 Å². The van der Waals surface area contributed by atoms with E-state index in [4.69, 9.17) is 5.11 Å². The molecule has 0 aliphatic heterocycles. The van der Waals surface area contributed by atoms with Crippen molar-refractivity contribution in [1.82, 2.24) is 20.3 Å². The maximum Gasteiger partial charge on any atom is 0.0965 e. The van der Waals surface area contributed by atoms with Gasteiger partial charge in [-0.2, -0.15) is 0 Å². The largest absolute Gasteiger partial charge is 0.396 e. The molecule has 5 heteroatoms. The Balaban J connectivity index is 2.49. The van der Waals surface area contributed by atoms with Gasteiger partial charge < -0.3 is 10.4 Å². The number of aliphatic hydroxyl groups excluding tert-OH is 1. The zero-order chi connectivity index (χ0) is 12.9. The predicted octanol–water partition coefficient (Wildman–Crippen LogP) is 1.28. The van der Waals surface area contributed by atoms with Crippen molar-refractivity contribution < 1.29 is 5.11 Å². The molecule has 0 aliphatic carbocycles. The van der Waals surface area contributed by atoms with Crippen molar-refractivity contribution in [3.8, 4) is 0 Å². The van der Waals surface area contributed by atoms with Crippen LogP contribution in [0.1, 0.15) is 46.2 Å². The van der Waals surface area contributed by atoms with Gasteiger partial charge in [-0.15, -0.1) is 5.10 Å². The van der Waals surface area contributed by atoms with Gasteiger partial charge in [-0.1, -0.05) is 12.1 Å². The first-order valence-electron chi connectivity index (χ1n) is 6.23. The lowest BCUT2D eigenvalue weighted by Crippen LogP contribution is -2.29. The van der Waals surface area contributed by atoms with E-state index in [9.17, 15) is 0 Å². The lowest BCUT2D eigenvalue weighted by atomic mass is 10.1. The highest BCUT2D eigenvalue weighted by Gasteiger charge is 2.15. The maximum atomic E-state index is 8.90. The minimum Gasteiger partial charge on any atom is -0.396 e. The van der Waals surface area contributed by atoms with Crippen LogP contribution in [-0.4, -0.2) is 32.7 Å². The van der Waals surface area contributed by atoms with Gasteiger partial charge in [0.25, 0.3) is 0 Å². The van der Waals surface area contributed by atoms with Crippen molar-refractivity contribution in [1.29, 1.82) is 0 Å². The number of aromatic nitrogens is 3. The van der Waals surface area contributed by atoms with Crippen molar-refractivity contribution in [2.24, 2.45) is 0 Å². The van der Waals surface area contributed by atoms with Crippen LogP contribution in [0.15, 0.2) is 6.20 Å². The monoisotopic (exact) mass is 240 g/mol. The molecule has 0 saturated heterocycles. The van der Waals surface area contributed by atoms with Crippen LogP contribution in [0.2, 0.25) is 0 Å². The summed E-state index contributed by atoms with van der Waals surface area (Å²) in [5.74, 6) is 0. The standard InChI is InChI=1S/C12H24N4O/c1-5-10(6-7-17)13-8-11-9-16(15-14-11)12(2,3)4/h9-10,13,17H,5-8H2,1-4H3. The second kappa shape index (κ2) is 6.12. The fraction of sp³-hybridized carbons (Fsp3) is 0.833. The minimum atomic E-state index is -0.0273. The summed E-state index contributed by atoms with van der Waals surface area (Å²) in [6.07, 6.45) is 3.76. The van der Waals surface area contributed by atoms with E-state index < -0.39 is 0 Å². The van der Waals surface area contributed by atoms with Crippen LogP contribution < -0.4 is 5.32 Å². The van der Waals surface area contributed by atoms with E-state index in [1.807, 2.05) is 10.9 Å². The van der Waals surface area contributed by atoms with Crippen LogP contribution in [0.3, 0.4) is 0 Å². The fourth-order valence-electron chi connectivity index (χ4n) is 1.56. The van der Waals surface area contributed by atoms with Crippen molar-refractivity contribution in [2.45, 2.75) is 58.7 Å². The molecule has 1 heterocycles. The van der Waals surface area contributed by atoms with Gasteiger partial charge in [0.15, 0.2) is 0 Å². The SMILES string of the molecule is CCC(CCO)NCc1cn(C(C)(C)C)nn1. The van der Waals surface area contributed by atoms with Gasteiger partial charge in [-0.05, 0) is 33.6 Å². The predicted molar refractivity (Wildman–Crippen MR) is 67.6 cm³/mol.